The predicted molar refractivity (Wildman–Crippen MR) is 94.6 cm³/mol. The lowest BCUT2D eigenvalue weighted by Gasteiger charge is -2.10. The van der Waals surface area contributed by atoms with E-state index in [2.05, 4.69) is 25.9 Å². The van der Waals surface area contributed by atoms with Crippen LogP contribution < -0.4 is 20.1 Å². The Labute approximate surface area is 150 Å². The zero-order chi connectivity index (χ0) is 18.4. The highest BCUT2D eigenvalue weighted by Crippen LogP contribution is 2.25. The van der Waals surface area contributed by atoms with E-state index in [1.807, 2.05) is 12.1 Å². The first-order valence-electron chi connectivity index (χ1n) is 7.77. The van der Waals surface area contributed by atoms with Crippen LogP contribution in [0.15, 0.2) is 48.9 Å². The fourth-order valence-corrected chi connectivity index (χ4v) is 2.22. The van der Waals surface area contributed by atoms with Crippen molar-refractivity contribution in [1.29, 1.82) is 0 Å². The molecule has 0 atom stereocenters. The molecule has 0 aliphatic heterocycles. The number of pyridine rings is 1. The molecule has 0 radical (unpaired) electrons. The average molecular weight is 354 g/mol. The van der Waals surface area contributed by atoms with Crippen LogP contribution >= 0.6 is 0 Å². The number of aromatic nitrogens is 4. The zero-order valence-electron chi connectivity index (χ0n) is 14.3. The third-order valence-corrected chi connectivity index (χ3v) is 3.49. The van der Waals surface area contributed by atoms with E-state index >= 15 is 0 Å². The van der Waals surface area contributed by atoms with Gasteiger partial charge in [-0.3, -0.25) is 4.98 Å². The number of hydrogen-bond donors (Lipinski definition) is 2. The van der Waals surface area contributed by atoms with Gasteiger partial charge in [0.2, 0.25) is 0 Å². The van der Waals surface area contributed by atoms with Gasteiger partial charge in [-0.05, 0) is 12.1 Å². The van der Waals surface area contributed by atoms with Gasteiger partial charge < -0.3 is 20.1 Å². The summed E-state index contributed by atoms with van der Waals surface area (Å²) in [6.45, 7) is 0.229. The average Bonchev–Trinajstić information content (AvgIpc) is 3.16. The molecule has 9 heteroatoms. The maximum atomic E-state index is 12.1. The van der Waals surface area contributed by atoms with Gasteiger partial charge in [-0.25, -0.2) is 9.48 Å². The van der Waals surface area contributed by atoms with Crippen LogP contribution in [0.5, 0.6) is 11.5 Å². The largest absolute Gasteiger partial charge is 0.497 e. The second-order valence-corrected chi connectivity index (χ2v) is 5.27. The summed E-state index contributed by atoms with van der Waals surface area (Å²) < 4.78 is 11.9. The fourth-order valence-electron chi connectivity index (χ4n) is 2.22. The fraction of sp³-hybridized carbons (Fsp3) is 0.176. The first-order chi connectivity index (χ1) is 12.7. The molecule has 2 heterocycles. The quantitative estimate of drug-likeness (QED) is 0.702. The van der Waals surface area contributed by atoms with Crippen molar-refractivity contribution in [2.75, 3.05) is 19.5 Å². The molecule has 0 fully saturated rings. The summed E-state index contributed by atoms with van der Waals surface area (Å²) in [6, 6.07) is 8.41. The third-order valence-electron chi connectivity index (χ3n) is 3.49. The SMILES string of the molecule is COc1cc(NC(=O)NCc2cn(-c3cccnc3)nn2)cc(OC)c1. The van der Waals surface area contributed by atoms with E-state index in [1.165, 1.54) is 0 Å². The third kappa shape index (κ3) is 4.26. The van der Waals surface area contributed by atoms with Crippen molar-refractivity contribution in [2.45, 2.75) is 6.54 Å². The molecule has 2 amide bonds. The Hall–Kier alpha value is -3.62. The predicted octanol–water partition coefficient (Wildman–Crippen LogP) is 2.00. The Morgan fingerprint density at radius 1 is 1.19 bits per heavy atom. The Bertz CT molecular complexity index is 859. The highest BCUT2D eigenvalue weighted by atomic mass is 16.5. The van der Waals surface area contributed by atoms with Crippen molar-refractivity contribution in [3.63, 3.8) is 0 Å². The lowest BCUT2D eigenvalue weighted by molar-refractivity contribution is 0.251. The number of rotatable bonds is 6. The topological polar surface area (TPSA) is 103 Å². The number of benzene rings is 1. The van der Waals surface area contributed by atoms with E-state index in [9.17, 15) is 4.79 Å². The van der Waals surface area contributed by atoms with Crippen LogP contribution in [0.3, 0.4) is 0 Å². The smallest absolute Gasteiger partial charge is 0.319 e. The van der Waals surface area contributed by atoms with Crippen LogP contribution in [-0.2, 0) is 6.54 Å². The Morgan fingerprint density at radius 2 is 1.96 bits per heavy atom. The molecule has 0 bridgehead atoms. The van der Waals surface area contributed by atoms with Gasteiger partial charge in [-0.15, -0.1) is 5.10 Å². The van der Waals surface area contributed by atoms with Crippen molar-refractivity contribution in [3.05, 3.63) is 54.6 Å². The molecule has 2 N–H and O–H groups in total. The number of carbonyl (C=O) groups is 1. The molecule has 0 aliphatic carbocycles. The molecule has 0 aliphatic rings. The van der Waals surface area contributed by atoms with Crippen LogP contribution in [0.25, 0.3) is 5.69 Å². The zero-order valence-corrected chi connectivity index (χ0v) is 14.3. The van der Waals surface area contributed by atoms with Gasteiger partial charge in [0.1, 0.15) is 17.2 Å². The van der Waals surface area contributed by atoms with Crippen molar-refractivity contribution in [1.82, 2.24) is 25.3 Å². The van der Waals surface area contributed by atoms with Crippen LogP contribution in [0.1, 0.15) is 5.69 Å². The maximum absolute atomic E-state index is 12.1. The lowest BCUT2D eigenvalue weighted by atomic mass is 10.3. The molecule has 1 aromatic carbocycles. The maximum Gasteiger partial charge on any atom is 0.319 e. The molecular weight excluding hydrogens is 336 g/mol. The highest BCUT2D eigenvalue weighted by molar-refractivity contribution is 5.89. The van der Waals surface area contributed by atoms with Crippen LogP contribution in [0.4, 0.5) is 10.5 Å². The van der Waals surface area contributed by atoms with Gasteiger partial charge in [-0.2, -0.15) is 0 Å². The minimum Gasteiger partial charge on any atom is -0.497 e. The van der Waals surface area contributed by atoms with E-state index in [1.54, 1.807) is 55.7 Å². The molecule has 134 valence electrons. The lowest BCUT2D eigenvalue weighted by Crippen LogP contribution is -2.28. The minimum atomic E-state index is -0.378. The summed E-state index contributed by atoms with van der Waals surface area (Å²) in [7, 11) is 3.09. The molecule has 26 heavy (non-hydrogen) atoms. The molecule has 0 unspecified atom stereocenters. The Kier molecular flexibility index (Phi) is 5.28. The normalized spacial score (nSPS) is 10.2. The summed E-state index contributed by atoms with van der Waals surface area (Å²) in [5.41, 5.74) is 1.96. The number of urea groups is 1. The van der Waals surface area contributed by atoms with Gasteiger partial charge in [0.25, 0.3) is 0 Å². The van der Waals surface area contributed by atoms with E-state index < -0.39 is 0 Å². The number of amides is 2. The Balaban J connectivity index is 1.59. The number of carbonyl (C=O) groups excluding carboxylic acids is 1. The second-order valence-electron chi connectivity index (χ2n) is 5.27. The first kappa shape index (κ1) is 17.2. The monoisotopic (exact) mass is 354 g/mol. The summed E-state index contributed by atoms with van der Waals surface area (Å²) >= 11 is 0. The highest BCUT2D eigenvalue weighted by Gasteiger charge is 2.08. The minimum absolute atomic E-state index is 0.229. The van der Waals surface area contributed by atoms with Crippen molar-refractivity contribution < 1.29 is 14.3 Å². The first-order valence-corrected chi connectivity index (χ1v) is 7.77. The van der Waals surface area contributed by atoms with Crippen molar-refractivity contribution in [3.8, 4) is 17.2 Å². The molecule has 0 saturated heterocycles. The molecule has 9 nitrogen and oxygen atoms in total. The molecular formula is C17H18N6O3. The number of hydrogen-bond acceptors (Lipinski definition) is 6. The molecule has 2 aromatic heterocycles. The molecule has 0 spiro atoms. The molecule has 3 aromatic rings. The standard InChI is InChI=1S/C17H18N6O3/c1-25-15-6-12(7-16(8-15)26-2)20-17(24)19-9-13-11-23(22-21-13)14-4-3-5-18-10-14/h3-8,10-11H,9H2,1-2H3,(H2,19,20,24). The number of ether oxygens (including phenoxy) is 2. The van der Waals surface area contributed by atoms with Gasteiger partial charge >= 0.3 is 6.03 Å². The summed E-state index contributed by atoms with van der Waals surface area (Å²) in [5.74, 6) is 1.16. The molecule has 0 saturated carbocycles. The van der Waals surface area contributed by atoms with Crippen LogP contribution in [0, 0.1) is 0 Å². The summed E-state index contributed by atoms with van der Waals surface area (Å²) in [5, 5.41) is 13.5. The van der Waals surface area contributed by atoms with Gasteiger partial charge in [0, 0.05) is 30.1 Å². The van der Waals surface area contributed by atoms with E-state index in [0.29, 0.717) is 22.9 Å². The van der Waals surface area contributed by atoms with Crippen molar-refractivity contribution in [2.24, 2.45) is 0 Å². The van der Waals surface area contributed by atoms with Gasteiger partial charge in [0.15, 0.2) is 0 Å². The van der Waals surface area contributed by atoms with Gasteiger partial charge in [-0.1, -0.05) is 5.21 Å². The number of nitrogens with one attached hydrogen (secondary N) is 2. The van der Waals surface area contributed by atoms with E-state index in [4.69, 9.17) is 9.47 Å². The van der Waals surface area contributed by atoms with Gasteiger partial charge in [0.05, 0.1) is 38.8 Å². The Morgan fingerprint density at radius 3 is 2.62 bits per heavy atom. The number of anilines is 1. The summed E-state index contributed by atoms with van der Waals surface area (Å²) in [6.07, 6.45) is 5.08. The van der Waals surface area contributed by atoms with E-state index in [-0.39, 0.29) is 12.6 Å². The van der Waals surface area contributed by atoms with Crippen molar-refractivity contribution >= 4 is 11.7 Å². The van der Waals surface area contributed by atoms with Crippen LogP contribution in [-0.4, -0.2) is 40.2 Å². The van der Waals surface area contributed by atoms with E-state index in [0.717, 1.165) is 5.69 Å². The second kappa shape index (κ2) is 7.97. The molecule has 3 rings (SSSR count). The number of methoxy groups -OCH3 is 2. The van der Waals surface area contributed by atoms with Crippen LogP contribution in [0.2, 0.25) is 0 Å². The number of nitrogens with zero attached hydrogens (tertiary/aromatic N) is 4. The summed E-state index contributed by atoms with van der Waals surface area (Å²) in [4.78, 5) is 16.1.